The molecule has 1 unspecified atom stereocenters. The summed E-state index contributed by atoms with van der Waals surface area (Å²) in [6, 6.07) is 17.4. The normalized spacial score (nSPS) is 12.1. The Balaban J connectivity index is 1.86. The zero-order valence-electron chi connectivity index (χ0n) is 13.7. The maximum absolute atomic E-state index is 12.1. The van der Waals surface area contributed by atoms with E-state index in [0.717, 1.165) is 5.56 Å². The van der Waals surface area contributed by atoms with Crippen LogP contribution in [0.4, 0.5) is 0 Å². The Labute approximate surface area is 137 Å². The van der Waals surface area contributed by atoms with Gasteiger partial charge in [-0.1, -0.05) is 48.5 Å². The van der Waals surface area contributed by atoms with Gasteiger partial charge < -0.3 is 15.3 Å². The van der Waals surface area contributed by atoms with Gasteiger partial charge in [-0.05, 0) is 37.7 Å². The van der Waals surface area contributed by atoms with Crippen LogP contribution >= 0.6 is 0 Å². The minimum Gasteiger partial charge on any atom is -0.508 e. The predicted molar refractivity (Wildman–Crippen MR) is 92.3 cm³/mol. The van der Waals surface area contributed by atoms with Crippen LogP contribution in [0, 0.1) is 0 Å². The van der Waals surface area contributed by atoms with Gasteiger partial charge in [0.05, 0.1) is 6.04 Å². The van der Waals surface area contributed by atoms with Crippen LogP contribution in [0.1, 0.15) is 23.6 Å². The van der Waals surface area contributed by atoms with Crippen molar-refractivity contribution < 1.29 is 9.90 Å². The zero-order chi connectivity index (χ0) is 16.7. The number of benzene rings is 2. The lowest BCUT2D eigenvalue weighted by Gasteiger charge is -2.25. The van der Waals surface area contributed by atoms with Crippen molar-refractivity contribution in [2.45, 2.75) is 18.9 Å². The number of amides is 1. The van der Waals surface area contributed by atoms with E-state index in [1.165, 1.54) is 5.56 Å². The third-order valence-electron chi connectivity index (χ3n) is 3.91. The van der Waals surface area contributed by atoms with Crippen LogP contribution < -0.4 is 5.32 Å². The van der Waals surface area contributed by atoms with Gasteiger partial charge in [0, 0.05) is 13.0 Å². The van der Waals surface area contributed by atoms with E-state index in [9.17, 15) is 9.90 Å². The number of para-hydroxylation sites is 1. The van der Waals surface area contributed by atoms with Crippen LogP contribution in [0.25, 0.3) is 0 Å². The number of carbonyl (C=O) groups is 1. The number of phenols is 1. The molecule has 0 heterocycles. The minimum atomic E-state index is -0.00367. The first-order valence-electron chi connectivity index (χ1n) is 7.83. The Morgan fingerprint density at radius 3 is 2.39 bits per heavy atom. The van der Waals surface area contributed by atoms with E-state index < -0.39 is 0 Å². The molecule has 4 nitrogen and oxygen atoms in total. The van der Waals surface area contributed by atoms with Gasteiger partial charge >= 0.3 is 0 Å². The number of phenolic OH excluding ortho intramolecular Hbond substituents is 1. The number of nitrogens with one attached hydrogen (secondary N) is 1. The zero-order valence-corrected chi connectivity index (χ0v) is 13.7. The topological polar surface area (TPSA) is 52.6 Å². The molecule has 0 fully saturated rings. The van der Waals surface area contributed by atoms with E-state index in [2.05, 4.69) is 22.3 Å². The van der Waals surface area contributed by atoms with E-state index in [4.69, 9.17) is 0 Å². The second kappa shape index (κ2) is 8.34. The van der Waals surface area contributed by atoms with Crippen LogP contribution in [0.2, 0.25) is 0 Å². The Kier molecular flexibility index (Phi) is 6.18. The summed E-state index contributed by atoms with van der Waals surface area (Å²) < 4.78 is 0. The Morgan fingerprint density at radius 1 is 1.09 bits per heavy atom. The van der Waals surface area contributed by atoms with E-state index in [1.807, 2.05) is 44.4 Å². The summed E-state index contributed by atoms with van der Waals surface area (Å²) in [5.74, 6) is 0.242. The standard InChI is InChI=1S/C19H24N2O2/c1-21(2)17(15-8-4-3-5-9-15)14-20-19(23)13-12-16-10-6-7-11-18(16)22/h3-11,17,22H,12-14H2,1-2H3,(H,20,23). The molecule has 4 heteroatoms. The summed E-state index contributed by atoms with van der Waals surface area (Å²) in [5.41, 5.74) is 1.98. The Morgan fingerprint density at radius 2 is 1.74 bits per heavy atom. The molecular weight excluding hydrogens is 288 g/mol. The first-order chi connectivity index (χ1) is 11.1. The number of hydrogen-bond donors (Lipinski definition) is 2. The Hall–Kier alpha value is -2.33. The minimum absolute atomic E-state index is 0.00367. The first-order valence-corrected chi connectivity index (χ1v) is 7.83. The number of hydrogen-bond acceptors (Lipinski definition) is 3. The molecule has 0 saturated carbocycles. The second-order valence-corrected chi connectivity index (χ2v) is 5.82. The molecule has 0 saturated heterocycles. The van der Waals surface area contributed by atoms with Gasteiger partial charge in [-0.3, -0.25) is 4.79 Å². The summed E-state index contributed by atoms with van der Waals surface area (Å²) >= 11 is 0. The fourth-order valence-electron chi connectivity index (χ4n) is 2.54. The molecule has 2 N–H and O–H groups in total. The van der Waals surface area contributed by atoms with Crippen molar-refractivity contribution in [3.8, 4) is 5.75 Å². The highest BCUT2D eigenvalue weighted by Crippen LogP contribution is 2.18. The summed E-state index contributed by atoms with van der Waals surface area (Å²) in [4.78, 5) is 14.2. The number of aryl methyl sites for hydroxylation is 1. The lowest BCUT2D eigenvalue weighted by atomic mass is 10.1. The van der Waals surface area contributed by atoms with Gasteiger partial charge in [0.25, 0.3) is 0 Å². The lowest BCUT2D eigenvalue weighted by Crippen LogP contribution is -2.34. The fourth-order valence-corrected chi connectivity index (χ4v) is 2.54. The smallest absolute Gasteiger partial charge is 0.220 e. The monoisotopic (exact) mass is 312 g/mol. The quantitative estimate of drug-likeness (QED) is 0.826. The second-order valence-electron chi connectivity index (χ2n) is 5.82. The van der Waals surface area contributed by atoms with Crippen molar-refractivity contribution in [1.29, 1.82) is 0 Å². The van der Waals surface area contributed by atoms with Gasteiger partial charge in [0.1, 0.15) is 5.75 Å². The van der Waals surface area contributed by atoms with Crippen LogP contribution in [0.15, 0.2) is 54.6 Å². The molecule has 122 valence electrons. The van der Waals surface area contributed by atoms with Crippen LogP contribution in [0.3, 0.4) is 0 Å². The molecule has 0 spiro atoms. The molecule has 0 radical (unpaired) electrons. The molecule has 23 heavy (non-hydrogen) atoms. The van der Waals surface area contributed by atoms with Crippen LogP contribution in [0.5, 0.6) is 5.75 Å². The highest BCUT2D eigenvalue weighted by molar-refractivity contribution is 5.76. The van der Waals surface area contributed by atoms with Crippen molar-refractivity contribution in [3.63, 3.8) is 0 Å². The maximum Gasteiger partial charge on any atom is 0.220 e. The molecule has 1 atom stereocenters. The van der Waals surface area contributed by atoms with Crippen LogP contribution in [-0.4, -0.2) is 36.6 Å². The fraction of sp³-hybridized carbons (Fsp3) is 0.316. The predicted octanol–water partition coefficient (Wildman–Crippen LogP) is 2.74. The van der Waals surface area contributed by atoms with Crippen molar-refractivity contribution in [1.82, 2.24) is 10.2 Å². The van der Waals surface area contributed by atoms with Gasteiger partial charge in [0.2, 0.25) is 5.91 Å². The lowest BCUT2D eigenvalue weighted by molar-refractivity contribution is -0.121. The summed E-state index contributed by atoms with van der Waals surface area (Å²) in [6.07, 6.45) is 0.906. The van der Waals surface area contributed by atoms with E-state index in [1.54, 1.807) is 12.1 Å². The van der Waals surface area contributed by atoms with Gasteiger partial charge in [0.15, 0.2) is 0 Å². The molecule has 2 rings (SSSR count). The van der Waals surface area contributed by atoms with Crippen molar-refractivity contribution in [2.75, 3.05) is 20.6 Å². The van der Waals surface area contributed by atoms with Crippen LogP contribution in [-0.2, 0) is 11.2 Å². The molecule has 2 aromatic rings. The van der Waals surface area contributed by atoms with Crippen molar-refractivity contribution in [3.05, 3.63) is 65.7 Å². The van der Waals surface area contributed by atoms with E-state index >= 15 is 0 Å². The number of nitrogens with zero attached hydrogens (tertiary/aromatic N) is 1. The summed E-state index contributed by atoms with van der Waals surface area (Å²) in [5, 5.41) is 12.7. The van der Waals surface area contributed by atoms with E-state index in [0.29, 0.717) is 19.4 Å². The first kappa shape index (κ1) is 17.0. The Bertz CT molecular complexity index is 626. The average molecular weight is 312 g/mol. The SMILES string of the molecule is CN(C)C(CNC(=O)CCc1ccccc1O)c1ccccc1. The molecule has 2 aromatic carbocycles. The third-order valence-corrected chi connectivity index (χ3v) is 3.91. The van der Waals surface area contributed by atoms with Gasteiger partial charge in [-0.15, -0.1) is 0 Å². The van der Waals surface area contributed by atoms with Gasteiger partial charge in [-0.2, -0.15) is 0 Å². The average Bonchev–Trinajstić information content (AvgIpc) is 2.55. The summed E-state index contributed by atoms with van der Waals surface area (Å²) in [7, 11) is 4.01. The molecule has 0 bridgehead atoms. The molecule has 1 amide bonds. The van der Waals surface area contributed by atoms with Gasteiger partial charge in [-0.25, -0.2) is 0 Å². The van der Waals surface area contributed by atoms with E-state index in [-0.39, 0.29) is 17.7 Å². The number of carbonyl (C=O) groups excluding carboxylic acids is 1. The molecular formula is C19H24N2O2. The highest BCUT2D eigenvalue weighted by atomic mass is 16.3. The molecule has 0 aliphatic rings. The van der Waals surface area contributed by atoms with Crippen molar-refractivity contribution >= 4 is 5.91 Å². The largest absolute Gasteiger partial charge is 0.508 e. The summed E-state index contributed by atoms with van der Waals surface area (Å²) in [6.45, 7) is 0.566. The number of aromatic hydroxyl groups is 1. The molecule has 0 aliphatic carbocycles. The van der Waals surface area contributed by atoms with Crippen molar-refractivity contribution in [2.24, 2.45) is 0 Å². The molecule has 0 aromatic heterocycles. The highest BCUT2D eigenvalue weighted by Gasteiger charge is 2.15. The maximum atomic E-state index is 12.1. The molecule has 0 aliphatic heterocycles. The number of likely N-dealkylation sites (N-methyl/N-ethyl adjacent to an activating group) is 1. The number of rotatable bonds is 7. The third kappa shape index (κ3) is 5.11.